The van der Waals surface area contributed by atoms with E-state index < -0.39 is 0 Å². The molecule has 1 amide bonds. The van der Waals surface area contributed by atoms with Crippen LogP contribution in [0.15, 0.2) is 24.3 Å². The van der Waals surface area contributed by atoms with Crippen LogP contribution in [0.25, 0.3) is 0 Å². The van der Waals surface area contributed by atoms with Gasteiger partial charge in [0.2, 0.25) is 5.91 Å². The lowest BCUT2D eigenvalue weighted by molar-refractivity contribution is -0.120. The van der Waals surface area contributed by atoms with Gasteiger partial charge < -0.3 is 10.2 Å². The van der Waals surface area contributed by atoms with Crippen molar-refractivity contribution in [3.63, 3.8) is 0 Å². The molecule has 3 nitrogen and oxygen atoms in total. The predicted molar refractivity (Wildman–Crippen MR) is 90.4 cm³/mol. The van der Waals surface area contributed by atoms with E-state index in [1.807, 2.05) is 24.3 Å². The number of carbonyl (C=O) groups is 1. The standard InChI is InChI=1S/C17H22Cl2N2O/c1-21-14-6-7-15(21)9-12(8-14)17(20-16(22)10-18)11-2-4-13(19)5-3-11/h2-5,12,14-15,17H,6-10H2,1H3,(H,20,22). The van der Waals surface area contributed by atoms with E-state index >= 15 is 0 Å². The number of piperidine rings is 1. The number of rotatable bonds is 4. The predicted octanol–water partition coefficient (Wildman–Crippen LogP) is 3.61. The summed E-state index contributed by atoms with van der Waals surface area (Å²) in [6.45, 7) is 0. The van der Waals surface area contributed by atoms with Crippen LogP contribution < -0.4 is 5.32 Å². The second kappa shape index (κ2) is 6.77. The van der Waals surface area contributed by atoms with Crippen molar-refractivity contribution >= 4 is 29.1 Å². The Hall–Kier alpha value is -0.770. The molecule has 1 N–H and O–H groups in total. The lowest BCUT2D eigenvalue weighted by atomic mass is 9.82. The zero-order valence-corrected chi connectivity index (χ0v) is 14.3. The molecule has 3 rings (SSSR count). The van der Waals surface area contributed by atoms with Crippen molar-refractivity contribution in [3.05, 3.63) is 34.9 Å². The van der Waals surface area contributed by atoms with E-state index in [4.69, 9.17) is 23.2 Å². The zero-order chi connectivity index (χ0) is 15.7. The first-order chi connectivity index (χ1) is 10.6. The highest BCUT2D eigenvalue weighted by Gasteiger charge is 2.41. The zero-order valence-electron chi connectivity index (χ0n) is 12.8. The highest BCUT2D eigenvalue weighted by atomic mass is 35.5. The number of hydrogen-bond donors (Lipinski definition) is 1. The normalized spacial score (nSPS) is 29.3. The lowest BCUT2D eigenvalue weighted by Crippen LogP contribution is -2.45. The Morgan fingerprint density at radius 3 is 2.41 bits per heavy atom. The topological polar surface area (TPSA) is 32.3 Å². The summed E-state index contributed by atoms with van der Waals surface area (Å²) < 4.78 is 0. The SMILES string of the molecule is CN1C2CCC1CC(C(NC(=O)CCl)c1ccc(Cl)cc1)C2. The summed E-state index contributed by atoms with van der Waals surface area (Å²) in [5.41, 5.74) is 1.12. The molecule has 120 valence electrons. The molecule has 0 saturated carbocycles. The molecule has 2 heterocycles. The molecule has 0 aromatic heterocycles. The summed E-state index contributed by atoms with van der Waals surface area (Å²) in [7, 11) is 2.23. The van der Waals surface area contributed by atoms with Crippen LogP contribution in [-0.2, 0) is 4.79 Å². The minimum absolute atomic E-state index is 0.00354. The average Bonchev–Trinajstić information content (AvgIpc) is 2.75. The van der Waals surface area contributed by atoms with Crippen LogP contribution in [0.3, 0.4) is 0 Å². The van der Waals surface area contributed by atoms with Gasteiger partial charge in [-0.15, -0.1) is 11.6 Å². The second-order valence-corrected chi connectivity index (χ2v) is 7.22. The van der Waals surface area contributed by atoms with Gasteiger partial charge in [0.25, 0.3) is 0 Å². The molecule has 3 unspecified atom stereocenters. The number of nitrogens with zero attached hydrogens (tertiary/aromatic N) is 1. The van der Waals surface area contributed by atoms with Gasteiger partial charge in [0.1, 0.15) is 5.88 Å². The van der Waals surface area contributed by atoms with Crippen molar-refractivity contribution in [1.82, 2.24) is 10.2 Å². The molecule has 1 aromatic rings. The molecule has 2 aliphatic heterocycles. The van der Waals surface area contributed by atoms with Crippen molar-refractivity contribution in [1.29, 1.82) is 0 Å². The molecule has 2 bridgehead atoms. The Labute approximate surface area is 142 Å². The number of fused-ring (bicyclic) bond motifs is 2. The van der Waals surface area contributed by atoms with E-state index in [9.17, 15) is 4.79 Å². The lowest BCUT2D eigenvalue weighted by Gasteiger charge is -2.40. The Morgan fingerprint density at radius 1 is 1.27 bits per heavy atom. The molecule has 0 radical (unpaired) electrons. The third-order valence-electron chi connectivity index (χ3n) is 5.27. The summed E-state index contributed by atoms with van der Waals surface area (Å²) in [6, 6.07) is 9.13. The first-order valence-corrected chi connectivity index (χ1v) is 8.82. The van der Waals surface area contributed by atoms with Crippen molar-refractivity contribution in [3.8, 4) is 0 Å². The maximum absolute atomic E-state index is 11.9. The molecule has 2 saturated heterocycles. The fourth-order valence-electron chi connectivity index (χ4n) is 4.08. The highest BCUT2D eigenvalue weighted by molar-refractivity contribution is 6.30. The van der Waals surface area contributed by atoms with Crippen LogP contribution in [0.4, 0.5) is 0 Å². The number of benzene rings is 1. The summed E-state index contributed by atoms with van der Waals surface area (Å²) >= 11 is 11.7. The van der Waals surface area contributed by atoms with Gasteiger partial charge in [-0.05, 0) is 56.3 Å². The van der Waals surface area contributed by atoms with Crippen LogP contribution in [0.2, 0.25) is 5.02 Å². The summed E-state index contributed by atoms with van der Waals surface area (Å²) in [5, 5.41) is 3.84. The molecule has 2 aliphatic rings. The summed E-state index contributed by atoms with van der Waals surface area (Å²) in [4.78, 5) is 14.4. The molecule has 5 heteroatoms. The van der Waals surface area contributed by atoms with Gasteiger partial charge in [0.05, 0.1) is 6.04 Å². The number of carbonyl (C=O) groups excluding carboxylic acids is 1. The van der Waals surface area contributed by atoms with Crippen LogP contribution in [0.1, 0.15) is 37.3 Å². The smallest absolute Gasteiger partial charge is 0.235 e. The monoisotopic (exact) mass is 340 g/mol. The van der Waals surface area contributed by atoms with Gasteiger partial charge in [0.15, 0.2) is 0 Å². The minimum atomic E-state index is -0.104. The van der Waals surface area contributed by atoms with Gasteiger partial charge in [-0.2, -0.15) is 0 Å². The van der Waals surface area contributed by atoms with Crippen molar-refractivity contribution in [2.24, 2.45) is 5.92 Å². The third-order valence-corrected chi connectivity index (χ3v) is 5.77. The van der Waals surface area contributed by atoms with Crippen LogP contribution in [0.5, 0.6) is 0 Å². The molecular formula is C17H22Cl2N2O. The van der Waals surface area contributed by atoms with Crippen molar-refractivity contribution in [2.75, 3.05) is 12.9 Å². The fourth-order valence-corrected chi connectivity index (χ4v) is 4.28. The van der Waals surface area contributed by atoms with Gasteiger partial charge in [-0.25, -0.2) is 0 Å². The van der Waals surface area contributed by atoms with Gasteiger partial charge in [0, 0.05) is 17.1 Å². The van der Waals surface area contributed by atoms with E-state index in [1.54, 1.807) is 0 Å². The quantitative estimate of drug-likeness (QED) is 0.849. The van der Waals surface area contributed by atoms with Crippen LogP contribution >= 0.6 is 23.2 Å². The van der Waals surface area contributed by atoms with Gasteiger partial charge in [-0.1, -0.05) is 23.7 Å². The number of alkyl halides is 1. The largest absolute Gasteiger partial charge is 0.348 e. The summed E-state index contributed by atoms with van der Waals surface area (Å²) in [5.74, 6) is 0.360. The van der Waals surface area contributed by atoms with Crippen LogP contribution in [0, 0.1) is 5.92 Å². The van der Waals surface area contributed by atoms with E-state index in [-0.39, 0.29) is 17.8 Å². The molecule has 1 aromatic carbocycles. The molecular weight excluding hydrogens is 319 g/mol. The second-order valence-electron chi connectivity index (χ2n) is 6.51. The third kappa shape index (κ3) is 3.27. The van der Waals surface area contributed by atoms with Crippen LogP contribution in [-0.4, -0.2) is 35.8 Å². The Morgan fingerprint density at radius 2 is 1.86 bits per heavy atom. The first-order valence-electron chi connectivity index (χ1n) is 7.91. The number of hydrogen-bond acceptors (Lipinski definition) is 2. The Balaban J connectivity index is 1.82. The fraction of sp³-hybridized carbons (Fsp3) is 0.588. The van der Waals surface area contributed by atoms with E-state index in [2.05, 4.69) is 17.3 Å². The Bertz CT molecular complexity index is 520. The minimum Gasteiger partial charge on any atom is -0.348 e. The summed E-state index contributed by atoms with van der Waals surface area (Å²) in [6.07, 6.45) is 4.80. The van der Waals surface area contributed by atoms with E-state index in [0.717, 1.165) is 23.4 Å². The molecule has 3 atom stereocenters. The Kier molecular flexibility index (Phi) is 4.96. The van der Waals surface area contributed by atoms with Crippen molar-refractivity contribution in [2.45, 2.75) is 43.8 Å². The molecule has 0 spiro atoms. The number of amides is 1. The maximum Gasteiger partial charge on any atom is 0.235 e. The average molecular weight is 341 g/mol. The van der Waals surface area contributed by atoms with E-state index in [0.29, 0.717) is 18.0 Å². The number of nitrogens with one attached hydrogen (secondary N) is 1. The van der Waals surface area contributed by atoms with Gasteiger partial charge in [-0.3, -0.25) is 4.79 Å². The van der Waals surface area contributed by atoms with E-state index in [1.165, 1.54) is 12.8 Å². The molecule has 22 heavy (non-hydrogen) atoms. The first kappa shape index (κ1) is 16.1. The van der Waals surface area contributed by atoms with Gasteiger partial charge >= 0.3 is 0 Å². The molecule has 2 fully saturated rings. The van der Waals surface area contributed by atoms with Crippen molar-refractivity contribution < 1.29 is 4.79 Å². The number of halogens is 2. The maximum atomic E-state index is 11.9. The highest BCUT2D eigenvalue weighted by Crippen LogP contribution is 2.42. The molecule has 0 aliphatic carbocycles.